The van der Waals surface area contributed by atoms with Crippen LogP contribution in [0.15, 0.2) is 53.8 Å². The van der Waals surface area contributed by atoms with Crippen molar-refractivity contribution in [3.63, 3.8) is 0 Å². The normalized spacial score (nSPS) is 22.5. The molecule has 0 aliphatic heterocycles. The molecule has 3 rings (SSSR count). The van der Waals surface area contributed by atoms with Crippen molar-refractivity contribution in [1.82, 2.24) is 0 Å². The van der Waals surface area contributed by atoms with Crippen molar-refractivity contribution >= 4 is 6.08 Å². The van der Waals surface area contributed by atoms with Crippen LogP contribution >= 0.6 is 0 Å². The Morgan fingerprint density at radius 1 is 1.20 bits per heavy atom. The minimum absolute atomic E-state index is 0.399. The molecule has 1 aromatic carbocycles. The average molecular weight is 195 g/mol. The highest BCUT2D eigenvalue weighted by molar-refractivity contribution is 5.61. The molecule has 0 aromatic heterocycles. The maximum atomic E-state index is 5.86. The Morgan fingerprint density at radius 3 is 3.00 bits per heavy atom. The molecule has 2 aliphatic carbocycles. The van der Waals surface area contributed by atoms with E-state index in [-0.39, 0.29) is 0 Å². The van der Waals surface area contributed by atoms with Crippen LogP contribution in [0.1, 0.15) is 23.5 Å². The van der Waals surface area contributed by atoms with Gasteiger partial charge in [0.1, 0.15) is 0 Å². The first-order valence-electron chi connectivity index (χ1n) is 5.28. The van der Waals surface area contributed by atoms with Crippen LogP contribution in [0, 0.1) is 0 Å². The molecule has 74 valence electrons. The van der Waals surface area contributed by atoms with E-state index < -0.39 is 0 Å². The summed E-state index contributed by atoms with van der Waals surface area (Å²) in [4.78, 5) is 0. The quantitative estimate of drug-likeness (QED) is 0.676. The highest BCUT2D eigenvalue weighted by Gasteiger charge is 2.22. The molecule has 0 fully saturated rings. The Kier molecular flexibility index (Phi) is 1.78. The summed E-state index contributed by atoms with van der Waals surface area (Å²) in [6, 6.07) is 8.54. The minimum Gasteiger partial charge on any atom is -0.399 e. The van der Waals surface area contributed by atoms with Gasteiger partial charge in [-0.1, -0.05) is 42.0 Å². The van der Waals surface area contributed by atoms with E-state index in [4.69, 9.17) is 5.73 Å². The third kappa shape index (κ3) is 1.32. The Hall–Kier alpha value is -1.76. The van der Waals surface area contributed by atoms with Gasteiger partial charge in [0.15, 0.2) is 0 Å². The molecule has 0 saturated heterocycles. The molecule has 1 atom stereocenters. The second-order valence-corrected chi connectivity index (χ2v) is 4.10. The van der Waals surface area contributed by atoms with E-state index in [2.05, 4.69) is 48.6 Å². The summed E-state index contributed by atoms with van der Waals surface area (Å²) in [5.74, 6) is 0.399. The summed E-state index contributed by atoms with van der Waals surface area (Å²) in [7, 11) is 0. The van der Waals surface area contributed by atoms with Crippen molar-refractivity contribution in [2.45, 2.75) is 12.3 Å². The van der Waals surface area contributed by atoms with Crippen LogP contribution < -0.4 is 5.73 Å². The molecule has 1 heteroatoms. The average Bonchev–Trinajstić information content (AvgIpc) is 2.52. The van der Waals surface area contributed by atoms with E-state index in [0.29, 0.717) is 5.92 Å². The minimum atomic E-state index is 0.399. The van der Waals surface area contributed by atoms with E-state index in [0.717, 1.165) is 12.1 Å². The summed E-state index contributed by atoms with van der Waals surface area (Å²) in [5.41, 5.74) is 10.9. The molecular weight excluding hydrogens is 182 g/mol. The fourth-order valence-electron chi connectivity index (χ4n) is 2.39. The van der Waals surface area contributed by atoms with Gasteiger partial charge in [0.05, 0.1) is 0 Å². The molecule has 1 nitrogen and oxygen atoms in total. The van der Waals surface area contributed by atoms with Crippen LogP contribution in [-0.4, -0.2) is 0 Å². The lowest BCUT2D eigenvalue weighted by atomic mass is 9.91. The van der Waals surface area contributed by atoms with Crippen LogP contribution in [0.25, 0.3) is 6.08 Å². The van der Waals surface area contributed by atoms with Gasteiger partial charge in [-0.25, -0.2) is 0 Å². The number of benzene rings is 1. The zero-order chi connectivity index (χ0) is 10.3. The zero-order valence-electron chi connectivity index (χ0n) is 8.48. The van der Waals surface area contributed by atoms with E-state index in [9.17, 15) is 0 Å². The summed E-state index contributed by atoms with van der Waals surface area (Å²) < 4.78 is 0. The molecule has 2 N–H and O–H groups in total. The lowest BCUT2D eigenvalue weighted by molar-refractivity contribution is 0.973. The van der Waals surface area contributed by atoms with Crippen molar-refractivity contribution in [3.05, 3.63) is 64.9 Å². The fourth-order valence-corrected chi connectivity index (χ4v) is 2.39. The highest BCUT2D eigenvalue weighted by atomic mass is 14.6. The molecule has 0 amide bonds. The number of nitrogens with two attached hydrogens (primary N) is 1. The fraction of sp³-hybridized carbons (Fsp3) is 0.143. The molecule has 0 spiro atoms. The summed E-state index contributed by atoms with van der Waals surface area (Å²) >= 11 is 0. The van der Waals surface area contributed by atoms with Crippen molar-refractivity contribution < 1.29 is 0 Å². The first kappa shape index (κ1) is 8.54. The molecule has 0 heterocycles. The monoisotopic (exact) mass is 195 g/mol. The molecule has 0 bridgehead atoms. The van der Waals surface area contributed by atoms with Gasteiger partial charge in [-0.2, -0.15) is 0 Å². The standard InChI is InChI=1S/C14H13N/c15-12-8-11-6-3-5-10-4-1-2-7-13(10)14(11)9-12/h1-5,7-9,14H,6,15H2. The predicted molar refractivity (Wildman–Crippen MR) is 63.2 cm³/mol. The largest absolute Gasteiger partial charge is 0.399 e. The lowest BCUT2D eigenvalue weighted by Crippen LogP contribution is -1.97. The number of fused-ring (bicyclic) bond motifs is 3. The van der Waals surface area contributed by atoms with Gasteiger partial charge in [-0.05, 0) is 29.7 Å². The maximum Gasteiger partial charge on any atom is 0.0282 e. The molecule has 1 aromatic rings. The van der Waals surface area contributed by atoms with E-state index >= 15 is 0 Å². The Morgan fingerprint density at radius 2 is 2.07 bits per heavy atom. The Bertz CT molecular complexity index is 492. The van der Waals surface area contributed by atoms with E-state index in [1.807, 2.05) is 0 Å². The van der Waals surface area contributed by atoms with Gasteiger partial charge >= 0.3 is 0 Å². The second-order valence-electron chi connectivity index (χ2n) is 4.10. The Labute approximate surface area is 89.6 Å². The molecule has 2 aliphatic rings. The van der Waals surface area contributed by atoms with Crippen molar-refractivity contribution in [3.8, 4) is 0 Å². The maximum absolute atomic E-state index is 5.86. The smallest absolute Gasteiger partial charge is 0.0282 e. The first-order chi connectivity index (χ1) is 7.34. The van der Waals surface area contributed by atoms with E-state index in [1.54, 1.807) is 0 Å². The van der Waals surface area contributed by atoms with Gasteiger partial charge in [0.2, 0.25) is 0 Å². The van der Waals surface area contributed by atoms with Gasteiger partial charge in [0.25, 0.3) is 0 Å². The number of hydrogen-bond donors (Lipinski definition) is 1. The van der Waals surface area contributed by atoms with Crippen LogP contribution in [0.5, 0.6) is 0 Å². The van der Waals surface area contributed by atoms with Gasteiger partial charge in [-0.15, -0.1) is 0 Å². The summed E-state index contributed by atoms with van der Waals surface area (Å²) in [6.07, 6.45) is 9.70. The molecule has 0 radical (unpaired) electrons. The molecule has 1 unspecified atom stereocenters. The number of rotatable bonds is 0. The molecule has 0 saturated carbocycles. The molecular formula is C14H13N. The van der Waals surface area contributed by atoms with Gasteiger partial charge in [-0.3, -0.25) is 0 Å². The topological polar surface area (TPSA) is 26.0 Å². The third-order valence-corrected chi connectivity index (χ3v) is 3.09. The van der Waals surface area contributed by atoms with Crippen LogP contribution in [0.2, 0.25) is 0 Å². The highest BCUT2D eigenvalue weighted by Crippen LogP contribution is 2.38. The van der Waals surface area contributed by atoms with Crippen molar-refractivity contribution in [2.75, 3.05) is 0 Å². The number of hydrogen-bond acceptors (Lipinski definition) is 1. The van der Waals surface area contributed by atoms with Crippen LogP contribution in [-0.2, 0) is 0 Å². The number of allylic oxidation sites excluding steroid dienone is 4. The second kappa shape index (κ2) is 3.13. The Balaban J connectivity index is 2.19. The van der Waals surface area contributed by atoms with Gasteiger partial charge < -0.3 is 5.73 Å². The summed E-state index contributed by atoms with van der Waals surface area (Å²) in [6.45, 7) is 0. The SMILES string of the molecule is NC1=CC2C(=C1)CC=Cc1ccccc12. The summed E-state index contributed by atoms with van der Waals surface area (Å²) in [5, 5.41) is 0. The van der Waals surface area contributed by atoms with Crippen molar-refractivity contribution in [1.29, 1.82) is 0 Å². The van der Waals surface area contributed by atoms with Crippen molar-refractivity contribution in [2.24, 2.45) is 5.73 Å². The predicted octanol–water partition coefficient (Wildman–Crippen LogP) is 2.97. The third-order valence-electron chi connectivity index (χ3n) is 3.09. The van der Waals surface area contributed by atoms with Crippen LogP contribution in [0.3, 0.4) is 0 Å². The van der Waals surface area contributed by atoms with Gasteiger partial charge in [0, 0.05) is 11.6 Å². The first-order valence-corrected chi connectivity index (χ1v) is 5.28. The molecule has 15 heavy (non-hydrogen) atoms. The van der Waals surface area contributed by atoms with E-state index in [1.165, 1.54) is 16.7 Å². The van der Waals surface area contributed by atoms with Crippen LogP contribution in [0.4, 0.5) is 0 Å². The lowest BCUT2D eigenvalue weighted by Gasteiger charge is -2.12. The zero-order valence-corrected chi connectivity index (χ0v) is 8.48.